The van der Waals surface area contributed by atoms with Crippen molar-refractivity contribution in [1.29, 1.82) is 0 Å². The maximum atomic E-state index is 13.4. The van der Waals surface area contributed by atoms with Crippen molar-refractivity contribution in [3.8, 4) is 33.9 Å². The fraction of sp³-hybridized carbons (Fsp3) is 0.156. The molecule has 67 heavy (non-hydrogen) atoms. The molecule has 348 valence electrons. The van der Waals surface area contributed by atoms with Crippen LogP contribution in [0.4, 0.5) is 40.8 Å². The summed E-state index contributed by atoms with van der Waals surface area (Å²) in [6.07, 6.45) is -6.36. The first kappa shape index (κ1) is 49.1. The molecule has 4 aromatic heterocycles. The zero-order valence-electron chi connectivity index (χ0n) is 34.9. The number of carbonyl (C=O) groups is 2. The van der Waals surface area contributed by atoms with Gasteiger partial charge in [-0.1, -0.05) is 83.9 Å². The Morgan fingerprint density at radius 2 is 1.01 bits per heavy atom. The summed E-state index contributed by atoms with van der Waals surface area (Å²) in [5, 5.41) is 22.5. The van der Waals surface area contributed by atoms with Gasteiger partial charge in [0.2, 0.25) is 0 Å². The molecule has 4 heterocycles. The zero-order valence-corrected chi connectivity index (χ0v) is 36.4. The molecule has 0 atom stereocenters. The maximum Gasteiger partial charge on any atom is 0.436 e. The largest absolute Gasteiger partial charge is 0.480 e. The Morgan fingerprint density at radius 3 is 1.43 bits per heavy atom. The Morgan fingerprint density at radius 1 is 0.612 bits per heavy atom. The average Bonchev–Trinajstić information content (AvgIpc) is 4.03. The van der Waals surface area contributed by atoms with Crippen LogP contribution in [0.25, 0.3) is 33.9 Å². The fourth-order valence-corrected chi connectivity index (χ4v) is 6.98. The number of carboxylic acid groups (broad SMARTS) is 1. The standard InChI is InChI=1S/C23H17ClF4N4O.C15H12FN3.C7H6ClF3N2O2/c1-14-20(24)22(23(26,27)28)30-31(14)13-19(33)11-16-12-29-32(18-9-7-17(25)8-10-18)21(16)15-5-3-2-4-6-15;16-12-6-8-13(9-7-12)19-15(14(17)10-18-19)11-4-2-1-3-5-11;1-3-5(8)6(7(9,10)11)12-13(3)2-4(14)15/h2-10,12H,11,13H2,1H3;1-10H,17H2;2H2,1H3,(H,14,15). The Balaban J connectivity index is 0.000000184. The lowest BCUT2D eigenvalue weighted by Crippen LogP contribution is -2.16. The minimum Gasteiger partial charge on any atom is -0.480 e. The summed E-state index contributed by atoms with van der Waals surface area (Å²) in [5.74, 6) is -2.33. The van der Waals surface area contributed by atoms with Gasteiger partial charge in [-0.2, -0.15) is 46.7 Å². The van der Waals surface area contributed by atoms with Crippen LogP contribution in [0.15, 0.2) is 122 Å². The molecule has 4 aromatic carbocycles. The van der Waals surface area contributed by atoms with E-state index in [-0.39, 0.29) is 36.0 Å². The monoisotopic (exact) mass is 971 g/mol. The summed E-state index contributed by atoms with van der Waals surface area (Å²) in [6.45, 7) is 1.62. The lowest BCUT2D eigenvalue weighted by Gasteiger charge is -2.10. The number of ketones is 1. The van der Waals surface area contributed by atoms with Gasteiger partial charge in [0, 0.05) is 23.1 Å². The highest BCUT2D eigenvalue weighted by Crippen LogP contribution is 2.37. The van der Waals surface area contributed by atoms with Crippen LogP contribution in [0, 0.1) is 25.5 Å². The quantitative estimate of drug-likeness (QED) is 0.129. The van der Waals surface area contributed by atoms with Crippen molar-refractivity contribution in [3.63, 3.8) is 0 Å². The zero-order chi connectivity index (χ0) is 48.8. The van der Waals surface area contributed by atoms with E-state index in [0.717, 1.165) is 27.2 Å². The Labute approximate surface area is 385 Å². The summed E-state index contributed by atoms with van der Waals surface area (Å²) < 4.78 is 107. The van der Waals surface area contributed by atoms with Gasteiger partial charge in [-0.3, -0.25) is 19.0 Å². The van der Waals surface area contributed by atoms with Gasteiger partial charge in [-0.25, -0.2) is 18.1 Å². The molecular formula is C45H35Cl2F8N9O3. The van der Waals surface area contributed by atoms with Gasteiger partial charge in [-0.15, -0.1) is 0 Å². The SMILES string of the molecule is Cc1c(Cl)c(C(F)(F)F)nn1CC(=O)Cc1cnn(-c2ccc(F)cc2)c1-c1ccccc1.Cc1c(Cl)c(C(F)(F)F)nn1CC(=O)O.Nc1cnn(-c2ccc(F)cc2)c1-c1ccccc1. The van der Waals surface area contributed by atoms with Crippen molar-refractivity contribution in [2.24, 2.45) is 0 Å². The van der Waals surface area contributed by atoms with E-state index in [1.807, 2.05) is 60.7 Å². The molecule has 0 saturated heterocycles. The van der Waals surface area contributed by atoms with E-state index < -0.39 is 52.1 Å². The van der Waals surface area contributed by atoms with Crippen molar-refractivity contribution in [2.75, 3.05) is 5.73 Å². The second-order valence-electron chi connectivity index (χ2n) is 14.4. The third-order valence-corrected chi connectivity index (χ3v) is 10.6. The number of aromatic nitrogens is 8. The first-order valence-electron chi connectivity index (χ1n) is 19.5. The lowest BCUT2D eigenvalue weighted by atomic mass is 10.0. The minimum atomic E-state index is -4.72. The Kier molecular flexibility index (Phi) is 15.0. The van der Waals surface area contributed by atoms with Gasteiger partial charge in [0.05, 0.1) is 62.3 Å². The molecule has 12 nitrogen and oxygen atoms in total. The Hall–Kier alpha value is -7.32. The highest BCUT2D eigenvalue weighted by atomic mass is 35.5. The number of nitrogens with two attached hydrogens (primary N) is 1. The lowest BCUT2D eigenvalue weighted by molar-refractivity contribution is -0.143. The van der Waals surface area contributed by atoms with Crippen molar-refractivity contribution in [3.05, 3.63) is 172 Å². The van der Waals surface area contributed by atoms with Crippen LogP contribution in [-0.2, 0) is 41.5 Å². The number of aliphatic carboxylic acids is 1. The molecule has 0 unspecified atom stereocenters. The third kappa shape index (κ3) is 11.7. The van der Waals surface area contributed by atoms with Crippen molar-refractivity contribution in [1.82, 2.24) is 39.1 Å². The van der Waals surface area contributed by atoms with E-state index in [1.165, 1.54) is 44.3 Å². The van der Waals surface area contributed by atoms with E-state index in [2.05, 4.69) is 20.4 Å². The molecule has 0 aliphatic carbocycles. The molecule has 0 radical (unpaired) electrons. The highest BCUT2D eigenvalue weighted by molar-refractivity contribution is 6.32. The second kappa shape index (κ2) is 20.5. The molecule has 3 N–H and O–H groups in total. The Bertz CT molecular complexity index is 2990. The fourth-order valence-electron chi connectivity index (χ4n) is 6.50. The molecule has 22 heteroatoms. The first-order chi connectivity index (χ1) is 31.6. The molecule has 8 aromatic rings. The van der Waals surface area contributed by atoms with Crippen LogP contribution in [0.3, 0.4) is 0 Å². The summed E-state index contributed by atoms with van der Waals surface area (Å²) in [5.41, 5.74) is 9.27. The molecule has 0 aliphatic heterocycles. The van der Waals surface area contributed by atoms with E-state index in [0.29, 0.717) is 27.3 Å². The predicted molar refractivity (Wildman–Crippen MR) is 233 cm³/mol. The number of benzene rings is 4. The summed E-state index contributed by atoms with van der Waals surface area (Å²) in [4.78, 5) is 23.1. The topological polar surface area (TPSA) is 152 Å². The number of nitrogen functional groups attached to an aromatic ring is 1. The molecule has 8 rings (SSSR count). The van der Waals surface area contributed by atoms with Crippen molar-refractivity contribution < 1.29 is 49.8 Å². The third-order valence-electron chi connectivity index (χ3n) is 9.68. The second-order valence-corrected chi connectivity index (χ2v) is 15.1. The van der Waals surface area contributed by atoms with Crippen LogP contribution in [-0.4, -0.2) is 56.0 Å². The number of hydrogen-bond donors (Lipinski definition) is 2. The molecular weight excluding hydrogens is 937 g/mol. The number of carboxylic acids is 1. The smallest absolute Gasteiger partial charge is 0.436 e. The van der Waals surface area contributed by atoms with Crippen LogP contribution >= 0.6 is 23.2 Å². The number of halogens is 10. The number of anilines is 1. The maximum absolute atomic E-state index is 13.4. The number of nitrogens with zero attached hydrogens (tertiary/aromatic N) is 8. The van der Waals surface area contributed by atoms with Gasteiger partial charge in [0.15, 0.2) is 17.2 Å². The van der Waals surface area contributed by atoms with Gasteiger partial charge in [0.25, 0.3) is 0 Å². The van der Waals surface area contributed by atoms with Crippen LogP contribution in [0.2, 0.25) is 10.0 Å². The van der Waals surface area contributed by atoms with E-state index in [4.69, 9.17) is 34.0 Å². The minimum absolute atomic E-state index is 0.0219. The number of alkyl halides is 6. The predicted octanol–water partition coefficient (Wildman–Crippen LogP) is 10.9. The molecule has 0 spiro atoms. The summed E-state index contributed by atoms with van der Waals surface area (Å²) >= 11 is 11.2. The molecule has 0 fully saturated rings. The first-order valence-corrected chi connectivity index (χ1v) is 20.3. The number of Topliss-reactive ketones (excluding diaryl/α,β-unsaturated/α-hetero) is 1. The summed E-state index contributed by atoms with van der Waals surface area (Å²) in [7, 11) is 0. The van der Waals surface area contributed by atoms with Crippen molar-refractivity contribution >= 4 is 40.6 Å². The molecule has 0 amide bonds. The van der Waals surface area contributed by atoms with Gasteiger partial charge < -0.3 is 10.8 Å². The molecule has 0 bridgehead atoms. The van der Waals surface area contributed by atoms with E-state index >= 15 is 0 Å². The van der Waals surface area contributed by atoms with E-state index in [1.54, 1.807) is 39.8 Å². The van der Waals surface area contributed by atoms with Gasteiger partial charge >= 0.3 is 18.3 Å². The average molecular weight is 973 g/mol. The van der Waals surface area contributed by atoms with Crippen molar-refractivity contribution in [2.45, 2.75) is 45.7 Å². The number of hydrogen-bond acceptors (Lipinski definition) is 7. The van der Waals surface area contributed by atoms with Gasteiger partial charge in [0.1, 0.15) is 24.7 Å². The van der Waals surface area contributed by atoms with Crippen LogP contribution < -0.4 is 5.73 Å². The van der Waals surface area contributed by atoms with E-state index in [9.17, 15) is 44.7 Å². The normalized spacial score (nSPS) is 11.4. The van der Waals surface area contributed by atoms with Gasteiger partial charge in [-0.05, 0) is 62.4 Å². The van der Waals surface area contributed by atoms with Crippen LogP contribution in [0.1, 0.15) is 28.3 Å². The number of carbonyl (C=O) groups excluding carboxylic acids is 1. The van der Waals surface area contributed by atoms with Crippen LogP contribution in [0.5, 0.6) is 0 Å². The molecule has 0 saturated carbocycles. The molecule has 0 aliphatic rings. The highest BCUT2D eigenvalue weighted by Gasteiger charge is 2.39. The summed E-state index contributed by atoms with van der Waals surface area (Å²) in [6, 6.07) is 30.8. The number of rotatable bonds is 10.